The minimum Gasteiger partial charge on any atom is -0.457 e. The molecule has 3 heterocycles. The molecule has 1 aromatic carbocycles. The molecule has 30 heavy (non-hydrogen) atoms. The Morgan fingerprint density at radius 3 is 2.87 bits per heavy atom. The molecule has 0 aliphatic carbocycles. The zero-order chi connectivity index (χ0) is 21.3. The molecule has 1 aliphatic heterocycles. The van der Waals surface area contributed by atoms with Crippen LogP contribution >= 0.6 is 0 Å². The number of aromatic nitrogens is 3. The molecule has 8 nitrogen and oxygen atoms in total. The highest BCUT2D eigenvalue weighted by molar-refractivity contribution is 5.93. The second kappa shape index (κ2) is 8.06. The van der Waals surface area contributed by atoms with Gasteiger partial charge in [0.2, 0.25) is 0 Å². The number of pyridine rings is 1. The highest BCUT2D eigenvalue weighted by Crippen LogP contribution is 2.28. The molecule has 0 amide bonds. The minimum absolute atomic E-state index is 0.262. The van der Waals surface area contributed by atoms with Crippen LogP contribution in [-0.2, 0) is 17.9 Å². The van der Waals surface area contributed by atoms with Crippen molar-refractivity contribution in [3.63, 3.8) is 0 Å². The fraction of sp³-hybridized carbons (Fsp3) is 0.273. The number of aliphatic hydroxyl groups is 1. The Kier molecular flexibility index (Phi) is 5.31. The van der Waals surface area contributed by atoms with Gasteiger partial charge in [0.05, 0.1) is 11.7 Å². The lowest BCUT2D eigenvalue weighted by Gasteiger charge is -2.16. The van der Waals surface area contributed by atoms with Gasteiger partial charge < -0.3 is 15.2 Å². The summed E-state index contributed by atoms with van der Waals surface area (Å²) in [5, 5.41) is 27.0. The quantitative estimate of drug-likeness (QED) is 0.607. The van der Waals surface area contributed by atoms with Crippen molar-refractivity contribution in [2.75, 3.05) is 6.54 Å². The summed E-state index contributed by atoms with van der Waals surface area (Å²) in [6.07, 6.45) is 2.81. The highest BCUT2D eigenvalue weighted by atomic mass is 16.5. The van der Waals surface area contributed by atoms with Gasteiger partial charge in [0, 0.05) is 36.6 Å². The van der Waals surface area contributed by atoms with E-state index in [1.54, 1.807) is 29.2 Å². The van der Waals surface area contributed by atoms with Gasteiger partial charge in [-0.15, -0.1) is 0 Å². The first-order chi connectivity index (χ1) is 14.5. The minimum atomic E-state index is -0.699. The summed E-state index contributed by atoms with van der Waals surface area (Å²) >= 11 is 0. The average Bonchev–Trinajstić information content (AvgIpc) is 3.31. The van der Waals surface area contributed by atoms with E-state index in [4.69, 9.17) is 10.00 Å². The van der Waals surface area contributed by atoms with Crippen LogP contribution in [0, 0.1) is 25.2 Å². The summed E-state index contributed by atoms with van der Waals surface area (Å²) in [5.74, 6) is 0.325. The summed E-state index contributed by atoms with van der Waals surface area (Å²) < 4.78 is 6.65. The fourth-order valence-corrected chi connectivity index (χ4v) is 3.54. The van der Waals surface area contributed by atoms with Crippen LogP contribution in [0.4, 0.5) is 0 Å². The van der Waals surface area contributed by atoms with E-state index in [0.29, 0.717) is 30.2 Å². The molecule has 1 aliphatic rings. The van der Waals surface area contributed by atoms with E-state index in [2.05, 4.69) is 21.5 Å². The zero-order valence-electron chi connectivity index (χ0n) is 16.7. The van der Waals surface area contributed by atoms with E-state index in [-0.39, 0.29) is 12.6 Å². The number of ether oxygens (including phenoxy) is 1. The average molecular weight is 403 g/mol. The maximum atomic E-state index is 11.7. The Morgan fingerprint density at radius 2 is 2.17 bits per heavy atom. The molecule has 0 spiro atoms. The third kappa shape index (κ3) is 3.68. The third-order valence-corrected chi connectivity index (χ3v) is 5.28. The summed E-state index contributed by atoms with van der Waals surface area (Å²) in [4.78, 5) is 16.0. The Morgan fingerprint density at radius 1 is 1.33 bits per heavy atom. The molecule has 152 valence electrons. The normalized spacial score (nSPS) is 13.6. The maximum absolute atomic E-state index is 11.7. The Labute approximate surface area is 173 Å². The van der Waals surface area contributed by atoms with Gasteiger partial charge in [-0.25, -0.2) is 14.5 Å². The van der Waals surface area contributed by atoms with E-state index >= 15 is 0 Å². The molecule has 2 aromatic heterocycles. The molecule has 1 atom stereocenters. The summed E-state index contributed by atoms with van der Waals surface area (Å²) in [6, 6.07) is 9.31. The van der Waals surface area contributed by atoms with Gasteiger partial charge in [-0.3, -0.25) is 0 Å². The number of nitriles is 1. The number of carbonyl (C=O) groups is 1. The van der Waals surface area contributed by atoms with Crippen molar-refractivity contribution in [3.05, 3.63) is 75.7 Å². The molecule has 0 saturated carbocycles. The zero-order valence-corrected chi connectivity index (χ0v) is 16.7. The molecule has 0 bridgehead atoms. The monoisotopic (exact) mass is 403 g/mol. The van der Waals surface area contributed by atoms with Crippen LogP contribution < -0.4 is 5.32 Å². The maximum Gasteiger partial charge on any atom is 0.338 e. The lowest BCUT2D eigenvalue weighted by Crippen LogP contribution is -2.22. The van der Waals surface area contributed by atoms with E-state index in [1.807, 2.05) is 26.0 Å². The number of nitrogens with zero attached hydrogens (tertiary/aromatic N) is 4. The topological polar surface area (TPSA) is 113 Å². The smallest absolute Gasteiger partial charge is 0.338 e. The van der Waals surface area contributed by atoms with Crippen LogP contribution in [0.1, 0.15) is 50.0 Å². The van der Waals surface area contributed by atoms with Gasteiger partial charge in [-0.1, -0.05) is 12.1 Å². The van der Waals surface area contributed by atoms with Gasteiger partial charge in [0.15, 0.2) is 11.5 Å². The number of hydrogen-bond donors (Lipinski definition) is 2. The molecule has 0 fully saturated rings. The van der Waals surface area contributed by atoms with E-state index in [9.17, 15) is 9.90 Å². The van der Waals surface area contributed by atoms with Gasteiger partial charge >= 0.3 is 5.97 Å². The molecule has 8 heteroatoms. The lowest BCUT2D eigenvalue weighted by atomic mass is 9.95. The van der Waals surface area contributed by atoms with Crippen LogP contribution in [-0.4, -0.2) is 32.4 Å². The van der Waals surface area contributed by atoms with Crippen LogP contribution in [0.25, 0.3) is 5.82 Å². The Hall–Kier alpha value is -3.54. The second-order valence-electron chi connectivity index (χ2n) is 7.27. The SMILES string of the molecule is Cc1cn(-c2ccc(CNC[C@H](O)c3ccc4c(c3C)COC4=O)cn2)nc1C#N. The molecule has 0 unspecified atom stereocenters. The number of aliphatic hydroxyl groups excluding tert-OH is 1. The van der Waals surface area contributed by atoms with E-state index in [0.717, 1.165) is 27.8 Å². The van der Waals surface area contributed by atoms with Crippen molar-refractivity contribution in [2.45, 2.75) is 33.1 Å². The molecule has 2 N–H and O–H groups in total. The van der Waals surface area contributed by atoms with Crippen LogP contribution in [0.15, 0.2) is 36.7 Å². The van der Waals surface area contributed by atoms with E-state index in [1.165, 1.54) is 0 Å². The molecule has 4 rings (SSSR count). The number of fused-ring (bicyclic) bond motifs is 1. The van der Waals surface area contributed by atoms with Gasteiger partial charge in [-0.2, -0.15) is 10.4 Å². The van der Waals surface area contributed by atoms with Crippen molar-refractivity contribution in [1.82, 2.24) is 20.1 Å². The van der Waals surface area contributed by atoms with Crippen molar-refractivity contribution in [3.8, 4) is 11.9 Å². The number of carbonyl (C=O) groups excluding carboxylic acids is 1. The first kappa shape index (κ1) is 19.8. The third-order valence-electron chi connectivity index (χ3n) is 5.28. The molecule has 0 saturated heterocycles. The van der Waals surface area contributed by atoms with Crippen molar-refractivity contribution < 1.29 is 14.6 Å². The molecular weight excluding hydrogens is 382 g/mol. The predicted molar refractivity (Wildman–Crippen MR) is 108 cm³/mol. The van der Waals surface area contributed by atoms with Gasteiger partial charge in [-0.05, 0) is 42.7 Å². The molecule has 3 aromatic rings. The van der Waals surface area contributed by atoms with Crippen LogP contribution in [0.2, 0.25) is 0 Å². The molecule has 0 radical (unpaired) electrons. The van der Waals surface area contributed by atoms with Crippen molar-refractivity contribution >= 4 is 5.97 Å². The number of esters is 1. The second-order valence-corrected chi connectivity index (χ2v) is 7.27. The molecular formula is C22H21N5O3. The van der Waals surface area contributed by atoms with Crippen LogP contribution in [0.3, 0.4) is 0 Å². The lowest BCUT2D eigenvalue weighted by molar-refractivity contribution is 0.0535. The highest BCUT2D eigenvalue weighted by Gasteiger charge is 2.25. The fourth-order valence-electron chi connectivity index (χ4n) is 3.54. The summed E-state index contributed by atoms with van der Waals surface area (Å²) in [5.41, 5.74) is 5.26. The Bertz CT molecular complexity index is 1140. The first-order valence-corrected chi connectivity index (χ1v) is 9.58. The first-order valence-electron chi connectivity index (χ1n) is 9.58. The number of nitrogens with one attached hydrogen (secondary N) is 1. The number of rotatable bonds is 6. The van der Waals surface area contributed by atoms with Gasteiger partial charge in [0.1, 0.15) is 12.7 Å². The van der Waals surface area contributed by atoms with Gasteiger partial charge in [0.25, 0.3) is 0 Å². The summed E-state index contributed by atoms with van der Waals surface area (Å²) in [7, 11) is 0. The van der Waals surface area contributed by atoms with Crippen molar-refractivity contribution in [1.29, 1.82) is 5.26 Å². The number of benzene rings is 1. The predicted octanol–water partition coefficient (Wildman–Crippen LogP) is 2.25. The van der Waals surface area contributed by atoms with Crippen LogP contribution in [0.5, 0.6) is 0 Å². The standard InChI is InChI=1S/C22H21N5O3/c1-13-11-27(26-19(13)7-23)21-6-3-15(9-25-21)8-24-10-20(28)16-4-5-17-18(14(16)2)12-30-22(17)29/h3-6,9,11,20,24,28H,8,10,12H2,1-2H3/t20-/m0/s1. The summed E-state index contributed by atoms with van der Waals surface area (Å²) in [6.45, 7) is 4.89. The Balaban J connectivity index is 1.36. The largest absolute Gasteiger partial charge is 0.457 e. The van der Waals surface area contributed by atoms with E-state index < -0.39 is 6.10 Å². The number of aryl methyl sites for hydroxylation is 1. The number of cyclic esters (lactones) is 1. The number of hydrogen-bond acceptors (Lipinski definition) is 7. The van der Waals surface area contributed by atoms with Crippen molar-refractivity contribution in [2.24, 2.45) is 0 Å².